The maximum absolute atomic E-state index is 13.0. The number of halogens is 2. The number of amides is 1. The Kier molecular flexibility index (Phi) is 2.44. The lowest BCUT2D eigenvalue weighted by molar-refractivity contribution is -0.133. The van der Waals surface area contributed by atoms with Gasteiger partial charge in [0, 0.05) is 19.5 Å². The van der Waals surface area contributed by atoms with Gasteiger partial charge in [0.15, 0.2) is 0 Å². The minimum atomic E-state index is -2.71. The van der Waals surface area contributed by atoms with E-state index in [9.17, 15) is 13.6 Å². The SMILES string of the molecule is O=C(C1CC(F)(F)CN1)N1CCC2(CCC2)C1. The fraction of sp³-hybridized carbons (Fsp3) is 0.917. The molecule has 17 heavy (non-hydrogen) atoms. The Morgan fingerprint density at radius 1 is 1.29 bits per heavy atom. The van der Waals surface area contributed by atoms with Crippen LogP contribution in [0, 0.1) is 5.41 Å². The average Bonchev–Trinajstić information content (AvgIpc) is 2.79. The summed E-state index contributed by atoms with van der Waals surface area (Å²) in [6, 6.07) is -0.666. The van der Waals surface area contributed by atoms with Crippen molar-refractivity contribution in [3.05, 3.63) is 0 Å². The van der Waals surface area contributed by atoms with E-state index in [1.54, 1.807) is 4.90 Å². The normalized spacial score (nSPS) is 34.0. The van der Waals surface area contributed by atoms with E-state index in [1.807, 2.05) is 0 Å². The molecule has 0 aromatic heterocycles. The first-order valence-corrected chi connectivity index (χ1v) is 6.40. The molecule has 96 valence electrons. The van der Waals surface area contributed by atoms with Crippen LogP contribution in [0.1, 0.15) is 32.1 Å². The van der Waals surface area contributed by atoms with E-state index >= 15 is 0 Å². The molecule has 2 saturated heterocycles. The second-order valence-corrected chi connectivity index (χ2v) is 5.86. The molecule has 1 atom stereocenters. The summed E-state index contributed by atoms with van der Waals surface area (Å²) in [5.41, 5.74) is 0.344. The number of nitrogens with one attached hydrogen (secondary N) is 1. The highest BCUT2D eigenvalue weighted by atomic mass is 19.3. The topological polar surface area (TPSA) is 32.3 Å². The fourth-order valence-corrected chi connectivity index (χ4v) is 3.32. The average molecular weight is 244 g/mol. The molecule has 3 fully saturated rings. The predicted molar refractivity (Wildman–Crippen MR) is 58.8 cm³/mol. The van der Waals surface area contributed by atoms with E-state index in [-0.39, 0.29) is 18.9 Å². The predicted octanol–water partition coefficient (Wildman–Crippen LogP) is 1.39. The van der Waals surface area contributed by atoms with Gasteiger partial charge in [0.2, 0.25) is 5.91 Å². The highest BCUT2D eigenvalue weighted by molar-refractivity contribution is 5.82. The first-order valence-electron chi connectivity index (χ1n) is 6.40. The van der Waals surface area contributed by atoms with E-state index in [4.69, 9.17) is 0 Å². The Morgan fingerprint density at radius 2 is 2.06 bits per heavy atom. The van der Waals surface area contributed by atoms with Gasteiger partial charge in [-0.25, -0.2) is 8.78 Å². The summed E-state index contributed by atoms with van der Waals surface area (Å²) in [5.74, 6) is -2.83. The van der Waals surface area contributed by atoms with E-state index in [1.165, 1.54) is 19.3 Å². The number of carbonyl (C=O) groups is 1. The summed E-state index contributed by atoms with van der Waals surface area (Å²) in [4.78, 5) is 13.9. The van der Waals surface area contributed by atoms with E-state index in [0.29, 0.717) is 5.41 Å². The molecule has 2 aliphatic heterocycles. The van der Waals surface area contributed by atoms with Gasteiger partial charge in [-0.15, -0.1) is 0 Å². The van der Waals surface area contributed by atoms with Gasteiger partial charge in [0.05, 0.1) is 12.6 Å². The number of alkyl halides is 2. The summed E-state index contributed by atoms with van der Waals surface area (Å²) < 4.78 is 26.1. The highest BCUT2D eigenvalue weighted by Gasteiger charge is 2.48. The first kappa shape index (κ1) is 11.4. The number of carbonyl (C=O) groups excluding carboxylic acids is 1. The van der Waals surface area contributed by atoms with Crippen molar-refractivity contribution in [1.82, 2.24) is 10.2 Å². The second kappa shape index (κ2) is 3.64. The third kappa shape index (κ3) is 1.94. The van der Waals surface area contributed by atoms with Crippen molar-refractivity contribution in [2.45, 2.75) is 44.1 Å². The molecule has 0 bridgehead atoms. The van der Waals surface area contributed by atoms with Crippen molar-refractivity contribution < 1.29 is 13.6 Å². The molecule has 0 radical (unpaired) electrons. The molecule has 1 saturated carbocycles. The van der Waals surface area contributed by atoms with Gasteiger partial charge in [0.25, 0.3) is 5.92 Å². The van der Waals surface area contributed by atoms with Crippen LogP contribution < -0.4 is 5.32 Å². The third-order valence-electron chi connectivity index (χ3n) is 4.57. The van der Waals surface area contributed by atoms with Crippen molar-refractivity contribution in [2.24, 2.45) is 5.41 Å². The van der Waals surface area contributed by atoms with Gasteiger partial charge in [-0.2, -0.15) is 0 Å². The molecule has 3 aliphatic rings. The zero-order valence-corrected chi connectivity index (χ0v) is 9.85. The van der Waals surface area contributed by atoms with Crippen LogP contribution in [0.15, 0.2) is 0 Å². The molecule has 1 N–H and O–H groups in total. The molecule has 5 heteroatoms. The second-order valence-electron chi connectivity index (χ2n) is 5.86. The molecule has 1 unspecified atom stereocenters. The lowest BCUT2D eigenvalue weighted by atomic mass is 9.68. The van der Waals surface area contributed by atoms with Crippen LogP contribution in [0.2, 0.25) is 0 Å². The molecule has 1 aliphatic carbocycles. The van der Waals surface area contributed by atoms with Crippen LogP contribution in [-0.2, 0) is 4.79 Å². The van der Waals surface area contributed by atoms with Gasteiger partial charge >= 0.3 is 0 Å². The van der Waals surface area contributed by atoms with E-state index < -0.39 is 12.0 Å². The lowest BCUT2D eigenvalue weighted by Gasteiger charge is -2.38. The Labute approximate surface area is 99.5 Å². The van der Waals surface area contributed by atoms with Crippen LogP contribution in [-0.4, -0.2) is 42.4 Å². The van der Waals surface area contributed by atoms with Crippen molar-refractivity contribution in [2.75, 3.05) is 19.6 Å². The molecule has 1 amide bonds. The maximum Gasteiger partial charge on any atom is 0.262 e. The van der Waals surface area contributed by atoms with Crippen molar-refractivity contribution in [3.63, 3.8) is 0 Å². The molecule has 0 aromatic rings. The molecule has 0 aromatic carbocycles. The summed E-state index contributed by atoms with van der Waals surface area (Å²) in [5, 5.41) is 2.65. The number of likely N-dealkylation sites (tertiary alicyclic amines) is 1. The van der Waals surface area contributed by atoms with Crippen molar-refractivity contribution in [3.8, 4) is 0 Å². The Hall–Kier alpha value is -0.710. The highest BCUT2D eigenvalue weighted by Crippen LogP contribution is 2.48. The molecule has 3 rings (SSSR count). The van der Waals surface area contributed by atoms with Gasteiger partial charge in [0.1, 0.15) is 0 Å². The van der Waals surface area contributed by atoms with Crippen molar-refractivity contribution in [1.29, 1.82) is 0 Å². The molecular weight excluding hydrogens is 226 g/mol. The fourth-order valence-electron chi connectivity index (χ4n) is 3.32. The summed E-state index contributed by atoms with van der Waals surface area (Å²) >= 11 is 0. The minimum absolute atomic E-state index is 0.119. The smallest absolute Gasteiger partial charge is 0.262 e. The van der Waals surface area contributed by atoms with E-state index in [2.05, 4.69) is 5.32 Å². The van der Waals surface area contributed by atoms with Crippen LogP contribution in [0.25, 0.3) is 0 Å². The molecule has 3 nitrogen and oxygen atoms in total. The van der Waals surface area contributed by atoms with Gasteiger partial charge in [-0.05, 0) is 24.7 Å². The van der Waals surface area contributed by atoms with Crippen LogP contribution in [0.5, 0.6) is 0 Å². The number of nitrogens with zero attached hydrogens (tertiary/aromatic N) is 1. The minimum Gasteiger partial charge on any atom is -0.341 e. The molecular formula is C12H18F2N2O. The summed E-state index contributed by atoms with van der Waals surface area (Å²) in [6.07, 6.45) is 4.37. The number of hydrogen-bond donors (Lipinski definition) is 1. The zero-order chi connectivity index (χ0) is 12.1. The van der Waals surface area contributed by atoms with E-state index in [0.717, 1.165) is 19.5 Å². The Morgan fingerprint density at radius 3 is 2.53 bits per heavy atom. The maximum atomic E-state index is 13.0. The lowest BCUT2D eigenvalue weighted by Crippen LogP contribution is -2.44. The zero-order valence-electron chi connectivity index (χ0n) is 9.85. The van der Waals surface area contributed by atoms with Crippen molar-refractivity contribution >= 4 is 5.91 Å². The number of rotatable bonds is 1. The quantitative estimate of drug-likeness (QED) is 0.756. The molecule has 1 spiro atoms. The Bertz CT molecular complexity index is 341. The van der Waals surface area contributed by atoms with Crippen LogP contribution >= 0.6 is 0 Å². The standard InChI is InChI=1S/C12H18F2N2O/c13-12(14)6-9(15-7-12)10(17)16-5-4-11(8-16)2-1-3-11/h9,15H,1-8H2. The monoisotopic (exact) mass is 244 g/mol. The van der Waals surface area contributed by atoms with Gasteiger partial charge in [-0.1, -0.05) is 6.42 Å². The van der Waals surface area contributed by atoms with Crippen LogP contribution in [0.4, 0.5) is 8.78 Å². The Balaban J connectivity index is 1.60. The third-order valence-corrected chi connectivity index (χ3v) is 4.57. The van der Waals surface area contributed by atoms with Crippen LogP contribution in [0.3, 0.4) is 0 Å². The summed E-state index contributed by atoms with van der Waals surface area (Å²) in [7, 11) is 0. The van der Waals surface area contributed by atoms with Gasteiger partial charge < -0.3 is 4.90 Å². The first-order chi connectivity index (χ1) is 8.00. The van der Waals surface area contributed by atoms with Gasteiger partial charge in [-0.3, -0.25) is 10.1 Å². The largest absolute Gasteiger partial charge is 0.341 e. The number of hydrogen-bond acceptors (Lipinski definition) is 2. The molecule has 2 heterocycles. The summed E-state index contributed by atoms with van der Waals surface area (Å²) in [6.45, 7) is 1.18.